The molecule has 0 saturated carbocycles. The summed E-state index contributed by atoms with van der Waals surface area (Å²) in [6.45, 7) is 0.631. The monoisotopic (exact) mass is 139 g/mol. The largest absolute Gasteiger partial charge is 0.477 e. The molecule has 0 aromatic carbocycles. The molecule has 2 rings (SSSR count). The summed E-state index contributed by atoms with van der Waals surface area (Å²) < 4.78 is 17.4. The smallest absolute Gasteiger partial charge is 0.219 e. The zero-order chi connectivity index (χ0) is 6.97. The van der Waals surface area contributed by atoms with Crippen LogP contribution in [0.2, 0.25) is 0 Å². The Balaban J connectivity index is 2.52. The number of aromatic nitrogens is 1. The molecular weight excluding hydrogens is 133 g/mol. The van der Waals surface area contributed by atoms with Crippen molar-refractivity contribution < 1.29 is 9.13 Å². The highest BCUT2D eigenvalue weighted by atomic mass is 19.1. The first-order valence-corrected chi connectivity index (χ1v) is 3.14. The molecule has 0 amide bonds. The van der Waals surface area contributed by atoms with Crippen LogP contribution in [0.1, 0.15) is 5.56 Å². The molecule has 1 aliphatic heterocycles. The molecule has 0 aliphatic carbocycles. The summed E-state index contributed by atoms with van der Waals surface area (Å²) in [5, 5.41) is 0. The van der Waals surface area contributed by atoms with Gasteiger partial charge in [-0.1, -0.05) is 0 Å². The van der Waals surface area contributed by atoms with Crippen LogP contribution in [0.15, 0.2) is 12.1 Å². The Kier molecular flexibility index (Phi) is 1.09. The van der Waals surface area contributed by atoms with Gasteiger partial charge in [-0.25, -0.2) is 0 Å². The number of nitrogens with zero attached hydrogens (tertiary/aromatic N) is 1. The fourth-order valence-corrected chi connectivity index (χ4v) is 1.02. The zero-order valence-corrected chi connectivity index (χ0v) is 5.30. The molecule has 52 valence electrons. The number of hydrogen-bond donors (Lipinski definition) is 0. The fraction of sp³-hybridized carbons (Fsp3) is 0.286. The predicted octanol–water partition coefficient (Wildman–Crippen LogP) is 1.16. The standard InChI is InChI=1S/C7H6FNO/c8-6-2-1-5-3-4-10-7(5)9-6/h1-2H,3-4H2. The van der Waals surface area contributed by atoms with Crippen LogP contribution >= 0.6 is 0 Å². The van der Waals surface area contributed by atoms with Crippen molar-refractivity contribution in [2.75, 3.05) is 6.61 Å². The summed E-state index contributed by atoms with van der Waals surface area (Å²) in [6.07, 6.45) is 0.850. The average Bonchev–Trinajstić information content (AvgIpc) is 2.33. The SMILES string of the molecule is Fc1ccc2c(n1)OCC2. The van der Waals surface area contributed by atoms with Crippen LogP contribution in [0.5, 0.6) is 5.88 Å². The van der Waals surface area contributed by atoms with E-state index in [0.717, 1.165) is 12.0 Å². The molecule has 2 heterocycles. The van der Waals surface area contributed by atoms with E-state index < -0.39 is 5.95 Å². The normalized spacial score (nSPS) is 14.5. The van der Waals surface area contributed by atoms with E-state index in [-0.39, 0.29) is 0 Å². The fourth-order valence-electron chi connectivity index (χ4n) is 1.02. The van der Waals surface area contributed by atoms with Gasteiger partial charge in [-0.15, -0.1) is 0 Å². The lowest BCUT2D eigenvalue weighted by Gasteiger charge is -1.94. The van der Waals surface area contributed by atoms with Crippen molar-refractivity contribution in [2.45, 2.75) is 6.42 Å². The number of rotatable bonds is 0. The molecule has 10 heavy (non-hydrogen) atoms. The maximum absolute atomic E-state index is 12.4. The van der Waals surface area contributed by atoms with Gasteiger partial charge in [-0.3, -0.25) is 0 Å². The third-order valence-electron chi connectivity index (χ3n) is 1.52. The van der Waals surface area contributed by atoms with Crippen molar-refractivity contribution in [3.05, 3.63) is 23.6 Å². The van der Waals surface area contributed by atoms with Crippen LogP contribution in [0.25, 0.3) is 0 Å². The van der Waals surface area contributed by atoms with Crippen molar-refractivity contribution in [1.82, 2.24) is 4.98 Å². The second kappa shape index (κ2) is 1.94. The second-order valence-corrected chi connectivity index (χ2v) is 2.20. The quantitative estimate of drug-likeness (QED) is 0.503. The van der Waals surface area contributed by atoms with E-state index in [1.54, 1.807) is 6.07 Å². The highest BCUT2D eigenvalue weighted by Gasteiger charge is 2.12. The number of pyridine rings is 1. The Labute approximate surface area is 57.7 Å². The molecule has 0 radical (unpaired) electrons. The van der Waals surface area contributed by atoms with Gasteiger partial charge in [0.05, 0.1) is 6.61 Å². The molecular formula is C7H6FNO. The van der Waals surface area contributed by atoms with Crippen molar-refractivity contribution in [3.8, 4) is 5.88 Å². The molecule has 1 aromatic rings. The van der Waals surface area contributed by atoms with Gasteiger partial charge >= 0.3 is 0 Å². The van der Waals surface area contributed by atoms with E-state index in [0.29, 0.717) is 12.5 Å². The molecule has 0 saturated heterocycles. The second-order valence-electron chi connectivity index (χ2n) is 2.20. The first kappa shape index (κ1) is 5.65. The minimum Gasteiger partial charge on any atom is -0.477 e. The van der Waals surface area contributed by atoms with Crippen LogP contribution < -0.4 is 4.74 Å². The summed E-state index contributed by atoms with van der Waals surface area (Å²) in [6, 6.07) is 3.07. The predicted molar refractivity (Wildman–Crippen MR) is 33.4 cm³/mol. The topological polar surface area (TPSA) is 22.1 Å². The van der Waals surface area contributed by atoms with Crippen LogP contribution in [0.4, 0.5) is 4.39 Å². The van der Waals surface area contributed by atoms with Gasteiger partial charge in [-0.05, 0) is 12.1 Å². The van der Waals surface area contributed by atoms with Gasteiger partial charge in [0.2, 0.25) is 11.8 Å². The Morgan fingerprint density at radius 3 is 3.30 bits per heavy atom. The van der Waals surface area contributed by atoms with Gasteiger partial charge in [-0.2, -0.15) is 9.37 Å². The lowest BCUT2D eigenvalue weighted by atomic mass is 10.2. The molecule has 2 nitrogen and oxygen atoms in total. The molecule has 1 aromatic heterocycles. The zero-order valence-electron chi connectivity index (χ0n) is 5.30. The maximum Gasteiger partial charge on any atom is 0.219 e. The van der Waals surface area contributed by atoms with E-state index in [2.05, 4.69) is 4.98 Å². The van der Waals surface area contributed by atoms with Crippen molar-refractivity contribution in [3.63, 3.8) is 0 Å². The van der Waals surface area contributed by atoms with Gasteiger partial charge in [0.1, 0.15) is 0 Å². The van der Waals surface area contributed by atoms with Crippen molar-refractivity contribution >= 4 is 0 Å². The molecule has 0 bridgehead atoms. The molecule has 0 spiro atoms. The summed E-state index contributed by atoms with van der Waals surface area (Å²) in [4.78, 5) is 3.56. The van der Waals surface area contributed by atoms with E-state index >= 15 is 0 Å². The molecule has 1 aliphatic rings. The van der Waals surface area contributed by atoms with Crippen molar-refractivity contribution in [2.24, 2.45) is 0 Å². The van der Waals surface area contributed by atoms with Crippen LogP contribution in [-0.4, -0.2) is 11.6 Å². The van der Waals surface area contributed by atoms with Gasteiger partial charge in [0, 0.05) is 12.0 Å². The highest BCUT2D eigenvalue weighted by molar-refractivity contribution is 5.28. The van der Waals surface area contributed by atoms with Crippen LogP contribution in [-0.2, 0) is 6.42 Å². The number of fused-ring (bicyclic) bond motifs is 1. The summed E-state index contributed by atoms with van der Waals surface area (Å²) in [7, 11) is 0. The first-order chi connectivity index (χ1) is 4.86. The Morgan fingerprint density at radius 2 is 2.40 bits per heavy atom. The van der Waals surface area contributed by atoms with Gasteiger partial charge < -0.3 is 4.74 Å². The van der Waals surface area contributed by atoms with Crippen molar-refractivity contribution in [1.29, 1.82) is 0 Å². The van der Waals surface area contributed by atoms with E-state index in [4.69, 9.17) is 4.74 Å². The molecule has 3 heteroatoms. The minimum atomic E-state index is -0.472. The number of halogens is 1. The first-order valence-electron chi connectivity index (χ1n) is 3.14. The van der Waals surface area contributed by atoms with Crippen LogP contribution in [0, 0.1) is 5.95 Å². The minimum absolute atomic E-state index is 0.458. The summed E-state index contributed by atoms with van der Waals surface area (Å²) >= 11 is 0. The molecule has 0 fully saturated rings. The van der Waals surface area contributed by atoms with Gasteiger partial charge in [0.25, 0.3) is 0 Å². The molecule has 0 unspecified atom stereocenters. The Hall–Kier alpha value is -1.12. The third-order valence-corrected chi connectivity index (χ3v) is 1.52. The van der Waals surface area contributed by atoms with E-state index in [1.807, 2.05) is 0 Å². The highest BCUT2D eigenvalue weighted by Crippen LogP contribution is 2.21. The lowest BCUT2D eigenvalue weighted by Crippen LogP contribution is -1.89. The summed E-state index contributed by atoms with van der Waals surface area (Å²) in [5.41, 5.74) is 1.00. The Morgan fingerprint density at radius 1 is 1.50 bits per heavy atom. The maximum atomic E-state index is 12.4. The van der Waals surface area contributed by atoms with E-state index in [9.17, 15) is 4.39 Å². The van der Waals surface area contributed by atoms with E-state index in [1.165, 1.54) is 6.07 Å². The molecule has 0 N–H and O–H groups in total. The van der Waals surface area contributed by atoms with Gasteiger partial charge in [0.15, 0.2) is 0 Å². The summed E-state index contributed by atoms with van der Waals surface area (Å²) in [5.74, 6) is -0.0133. The lowest BCUT2D eigenvalue weighted by molar-refractivity contribution is 0.339. The number of ether oxygens (including phenoxy) is 1. The molecule has 0 atom stereocenters. The average molecular weight is 139 g/mol. The third kappa shape index (κ3) is 0.744. The number of hydrogen-bond acceptors (Lipinski definition) is 2. The van der Waals surface area contributed by atoms with Crippen LogP contribution in [0.3, 0.4) is 0 Å². The Bertz CT molecular complexity index is 262.